The van der Waals surface area contributed by atoms with Gasteiger partial charge < -0.3 is 10.0 Å². The molecule has 4 rings (SSSR count). The number of hydrogen-bond acceptors (Lipinski definition) is 2. The summed E-state index contributed by atoms with van der Waals surface area (Å²) < 4.78 is 0. The Hall–Kier alpha value is -1.06. The molecule has 8 atom stereocenters. The number of likely N-dealkylation sites (tertiary alicyclic amines) is 1. The Morgan fingerprint density at radius 1 is 1.11 bits per heavy atom. The van der Waals surface area contributed by atoms with Gasteiger partial charge in [-0.15, -0.1) is 0 Å². The third kappa shape index (κ3) is 2.92. The first-order valence-electron chi connectivity index (χ1n) is 11.7. The lowest BCUT2D eigenvalue weighted by Gasteiger charge is -2.62. The van der Waals surface area contributed by atoms with Gasteiger partial charge in [-0.25, -0.2) is 0 Å². The van der Waals surface area contributed by atoms with Crippen LogP contribution in [-0.4, -0.2) is 35.0 Å². The number of hydrogen-bond donors (Lipinski definition) is 1. The molecule has 158 valence electrons. The minimum atomic E-state index is -0.655. The summed E-state index contributed by atoms with van der Waals surface area (Å²) in [6.45, 7) is 7.32. The van der Waals surface area contributed by atoms with Crippen LogP contribution in [-0.2, 0) is 9.59 Å². The van der Waals surface area contributed by atoms with E-state index in [1.807, 2.05) is 7.05 Å². The van der Waals surface area contributed by atoms with Crippen molar-refractivity contribution in [2.24, 2.45) is 40.4 Å². The SMILES string of the molecule is CC(CCC(=O)O)C1CCC2C3CCC4N(C)C(=O)CCC4(C)C3CCC12C. The Balaban J connectivity index is 1.53. The molecule has 1 N–H and O–H groups in total. The number of fused-ring (bicyclic) bond motifs is 5. The van der Waals surface area contributed by atoms with Crippen LogP contribution >= 0.6 is 0 Å². The lowest BCUT2D eigenvalue weighted by atomic mass is 9.46. The summed E-state index contributed by atoms with van der Waals surface area (Å²) in [5.74, 6) is 3.23. The van der Waals surface area contributed by atoms with E-state index in [9.17, 15) is 9.59 Å². The van der Waals surface area contributed by atoms with E-state index in [2.05, 4.69) is 25.7 Å². The van der Waals surface area contributed by atoms with Gasteiger partial charge in [0.05, 0.1) is 0 Å². The second-order valence-electron chi connectivity index (χ2n) is 11.1. The zero-order chi connectivity index (χ0) is 20.3. The molecule has 0 radical (unpaired) electrons. The summed E-state index contributed by atoms with van der Waals surface area (Å²) in [6, 6.07) is 0.436. The normalized spacial score (nSPS) is 46.5. The van der Waals surface area contributed by atoms with Crippen molar-refractivity contribution in [1.29, 1.82) is 0 Å². The molecule has 1 amide bonds. The molecule has 1 saturated heterocycles. The van der Waals surface area contributed by atoms with Gasteiger partial charge in [0.25, 0.3) is 0 Å². The van der Waals surface area contributed by atoms with Gasteiger partial charge >= 0.3 is 5.97 Å². The second kappa shape index (κ2) is 7.02. The molecule has 4 aliphatic rings. The maximum absolute atomic E-state index is 12.3. The zero-order valence-electron chi connectivity index (χ0n) is 18.2. The van der Waals surface area contributed by atoms with Gasteiger partial charge in [0.2, 0.25) is 5.91 Å². The van der Waals surface area contributed by atoms with Crippen LogP contribution in [0.3, 0.4) is 0 Å². The smallest absolute Gasteiger partial charge is 0.303 e. The van der Waals surface area contributed by atoms with Crippen molar-refractivity contribution >= 4 is 11.9 Å². The molecule has 1 heterocycles. The molecule has 0 aromatic rings. The Kier molecular flexibility index (Phi) is 5.07. The van der Waals surface area contributed by atoms with Crippen molar-refractivity contribution in [2.45, 2.75) is 91.0 Å². The second-order valence-corrected chi connectivity index (χ2v) is 11.1. The van der Waals surface area contributed by atoms with Crippen LogP contribution < -0.4 is 0 Å². The first-order valence-corrected chi connectivity index (χ1v) is 11.7. The van der Waals surface area contributed by atoms with E-state index in [1.165, 1.54) is 38.5 Å². The van der Waals surface area contributed by atoms with Crippen LogP contribution in [0, 0.1) is 40.4 Å². The summed E-state index contributed by atoms with van der Waals surface area (Å²) in [6.07, 6.45) is 10.6. The number of aliphatic carboxylic acids is 1. The van der Waals surface area contributed by atoms with E-state index < -0.39 is 5.97 Å². The largest absolute Gasteiger partial charge is 0.481 e. The molecule has 0 bridgehead atoms. The highest BCUT2D eigenvalue weighted by Crippen LogP contribution is 2.67. The van der Waals surface area contributed by atoms with Gasteiger partial charge in [-0.1, -0.05) is 20.8 Å². The van der Waals surface area contributed by atoms with Crippen LogP contribution in [0.25, 0.3) is 0 Å². The molecule has 4 nitrogen and oxygen atoms in total. The Morgan fingerprint density at radius 3 is 2.54 bits per heavy atom. The topological polar surface area (TPSA) is 57.6 Å². The zero-order valence-corrected chi connectivity index (χ0v) is 18.2. The molecule has 0 spiro atoms. The van der Waals surface area contributed by atoms with Crippen LogP contribution in [0.2, 0.25) is 0 Å². The predicted molar refractivity (Wildman–Crippen MR) is 110 cm³/mol. The maximum atomic E-state index is 12.3. The summed E-state index contributed by atoms with van der Waals surface area (Å²) in [5.41, 5.74) is 0.679. The van der Waals surface area contributed by atoms with Crippen molar-refractivity contribution in [3.63, 3.8) is 0 Å². The van der Waals surface area contributed by atoms with Crippen molar-refractivity contribution in [1.82, 2.24) is 4.90 Å². The number of carbonyl (C=O) groups excluding carboxylic acids is 1. The van der Waals surface area contributed by atoms with Gasteiger partial charge in [0.15, 0.2) is 0 Å². The molecule has 3 aliphatic carbocycles. The van der Waals surface area contributed by atoms with Crippen molar-refractivity contribution in [3.8, 4) is 0 Å². The van der Waals surface area contributed by atoms with Gasteiger partial charge in [0, 0.05) is 25.9 Å². The first-order chi connectivity index (χ1) is 13.2. The fraction of sp³-hybridized carbons (Fsp3) is 0.917. The van der Waals surface area contributed by atoms with E-state index in [-0.39, 0.29) is 0 Å². The van der Waals surface area contributed by atoms with E-state index >= 15 is 0 Å². The Morgan fingerprint density at radius 2 is 1.82 bits per heavy atom. The van der Waals surface area contributed by atoms with Crippen LogP contribution in [0.1, 0.15) is 85.0 Å². The van der Waals surface area contributed by atoms with Crippen LogP contribution in [0.4, 0.5) is 0 Å². The molecule has 28 heavy (non-hydrogen) atoms. The molecule has 3 saturated carbocycles. The number of rotatable bonds is 4. The third-order valence-electron chi connectivity index (χ3n) is 10.1. The van der Waals surface area contributed by atoms with Crippen LogP contribution in [0.5, 0.6) is 0 Å². The average Bonchev–Trinajstić information content (AvgIpc) is 3.00. The molecule has 0 aromatic heterocycles. The van der Waals surface area contributed by atoms with Crippen molar-refractivity contribution in [3.05, 3.63) is 0 Å². The van der Waals surface area contributed by atoms with Gasteiger partial charge in [-0.05, 0) is 91.8 Å². The van der Waals surface area contributed by atoms with Crippen LogP contribution in [0.15, 0.2) is 0 Å². The lowest BCUT2D eigenvalue weighted by Crippen LogP contribution is -2.61. The van der Waals surface area contributed by atoms with E-state index in [0.29, 0.717) is 41.0 Å². The summed E-state index contributed by atoms with van der Waals surface area (Å²) in [7, 11) is 2.04. The Bertz CT molecular complexity index is 648. The predicted octanol–water partition coefficient (Wildman–Crippen LogP) is 4.97. The number of piperidine rings is 1. The molecule has 1 aliphatic heterocycles. The molecular weight excluding hydrogens is 350 g/mol. The van der Waals surface area contributed by atoms with Gasteiger partial charge in [-0.3, -0.25) is 9.59 Å². The van der Waals surface area contributed by atoms with E-state index in [0.717, 1.165) is 37.0 Å². The molecule has 8 unspecified atom stereocenters. The van der Waals surface area contributed by atoms with Gasteiger partial charge in [-0.2, -0.15) is 0 Å². The summed E-state index contributed by atoms with van der Waals surface area (Å²) >= 11 is 0. The monoisotopic (exact) mass is 389 g/mol. The van der Waals surface area contributed by atoms with Crippen molar-refractivity contribution < 1.29 is 14.7 Å². The molecule has 0 aromatic carbocycles. The van der Waals surface area contributed by atoms with E-state index in [1.54, 1.807) is 0 Å². The molecule has 4 heteroatoms. The van der Waals surface area contributed by atoms with Gasteiger partial charge in [0.1, 0.15) is 0 Å². The first kappa shape index (κ1) is 20.2. The minimum Gasteiger partial charge on any atom is -0.481 e. The summed E-state index contributed by atoms with van der Waals surface area (Å²) in [5, 5.41) is 9.11. The van der Waals surface area contributed by atoms with E-state index in [4.69, 9.17) is 5.11 Å². The Labute approximate surface area is 170 Å². The highest BCUT2D eigenvalue weighted by Gasteiger charge is 2.61. The number of carboxylic acid groups (broad SMARTS) is 1. The van der Waals surface area contributed by atoms with Crippen molar-refractivity contribution in [2.75, 3.05) is 7.05 Å². The number of carboxylic acids is 1. The highest BCUT2D eigenvalue weighted by atomic mass is 16.4. The fourth-order valence-electron chi connectivity index (χ4n) is 8.68. The quantitative estimate of drug-likeness (QED) is 0.739. The minimum absolute atomic E-state index is 0.292. The summed E-state index contributed by atoms with van der Waals surface area (Å²) in [4.78, 5) is 25.4. The number of nitrogens with zero attached hydrogens (tertiary/aromatic N) is 1. The number of carbonyl (C=O) groups is 2. The number of amides is 1. The molecule has 4 fully saturated rings. The lowest BCUT2D eigenvalue weighted by molar-refractivity contribution is -0.158. The fourth-order valence-corrected chi connectivity index (χ4v) is 8.68. The molecular formula is C24H39NO3. The third-order valence-corrected chi connectivity index (χ3v) is 10.1. The highest BCUT2D eigenvalue weighted by molar-refractivity contribution is 5.77. The standard InChI is InChI=1S/C24H39NO3/c1-15(5-10-22(27)28)17-7-8-18-16-6-9-20-24(3,14-12-21(26)25(20)4)19(16)11-13-23(17,18)2/h15-20H,5-14H2,1-4H3,(H,27,28). The maximum Gasteiger partial charge on any atom is 0.303 e. The average molecular weight is 390 g/mol.